The molecule has 0 bridgehead atoms. The van der Waals surface area contributed by atoms with Gasteiger partial charge in [-0.25, -0.2) is 4.98 Å². The van der Waals surface area contributed by atoms with E-state index in [4.69, 9.17) is 0 Å². The molecule has 1 atom stereocenters. The van der Waals surface area contributed by atoms with E-state index in [1.807, 2.05) is 13.8 Å². The van der Waals surface area contributed by atoms with E-state index in [0.717, 1.165) is 25.7 Å². The van der Waals surface area contributed by atoms with Gasteiger partial charge in [-0.05, 0) is 37.7 Å². The Bertz CT molecular complexity index is 1090. The second-order valence-corrected chi connectivity index (χ2v) is 11.6. The van der Waals surface area contributed by atoms with Crippen molar-refractivity contribution >= 4 is 29.3 Å². The molecule has 1 aromatic carbocycles. The van der Waals surface area contributed by atoms with Crippen molar-refractivity contribution in [3.05, 3.63) is 45.8 Å². The maximum atomic E-state index is 13.5. The number of aromatic nitrogens is 3. The third kappa shape index (κ3) is 7.12. The quantitative estimate of drug-likeness (QED) is 0.232. The molecule has 0 spiro atoms. The van der Waals surface area contributed by atoms with Crippen LogP contribution in [0.5, 0.6) is 0 Å². The first-order chi connectivity index (χ1) is 18.3. The molecule has 0 radical (unpaired) electrons. The molecule has 2 saturated carbocycles. The zero-order chi connectivity index (χ0) is 27.1. The number of hydrogen-bond donors (Lipinski definition) is 2. The van der Waals surface area contributed by atoms with E-state index in [1.54, 1.807) is 0 Å². The van der Waals surface area contributed by atoms with E-state index in [0.29, 0.717) is 23.1 Å². The van der Waals surface area contributed by atoms with E-state index >= 15 is 0 Å². The minimum atomic E-state index is -0.526. The van der Waals surface area contributed by atoms with Crippen molar-refractivity contribution in [1.29, 1.82) is 0 Å². The summed E-state index contributed by atoms with van der Waals surface area (Å²) in [6.45, 7) is 3.90. The molecule has 11 heteroatoms. The van der Waals surface area contributed by atoms with Gasteiger partial charge in [-0.15, -0.1) is 5.10 Å². The minimum Gasteiger partial charge on any atom is -0.342 e. The van der Waals surface area contributed by atoms with Gasteiger partial charge in [0.05, 0.1) is 16.7 Å². The standard InChI is InChI=1S/C27H38N6O4S/c1-18(2)24(28-26(35)19-10-9-15-22(16-19)33(36)37)25-29-27(31-30-25)38-17-23(34)32(20-11-5-3-6-12-20)21-13-7-4-8-14-21/h9-10,15-16,18,20-21,24H,3-8,11-14,17H2,1-2H3,(H,28,35)(H,29,30,31)/t24-/m0/s1. The van der Waals surface area contributed by atoms with Crippen LogP contribution in [0.2, 0.25) is 0 Å². The number of hydrogen-bond acceptors (Lipinski definition) is 7. The number of aromatic amines is 1. The number of amides is 2. The molecule has 0 aliphatic heterocycles. The second-order valence-electron chi connectivity index (χ2n) is 10.7. The fourth-order valence-corrected chi connectivity index (χ4v) is 6.30. The molecule has 1 aromatic heterocycles. The number of nitro groups is 1. The van der Waals surface area contributed by atoms with E-state index in [-0.39, 0.29) is 28.8 Å². The molecule has 2 N–H and O–H groups in total. The smallest absolute Gasteiger partial charge is 0.270 e. The summed E-state index contributed by atoms with van der Waals surface area (Å²) in [5.41, 5.74) is 0.0624. The van der Waals surface area contributed by atoms with Crippen LogP contribution in [0, 0.1) is 16.0 Å². The Kier molecular flexibility index (Phi) is 9.76. The molecule has 2 aliphatic rings. The van der Waals surface area contributed by atoms with Crippen molar-refractivity contribution in [2.45, 2.75) is 101 Å². The van der Waals surface area contributed by atoms with Crippen LogP contribution >= 0.6 is 11.8 Å². The van der Waals surface area contributed by atoms with Crippen LogP contribution in [-0.4, -0.2) is 54.7 Å². The first kappa shape index (κ1) is 28.1. The molecule has 38 heavy (non-hydrogen) atoms. The van der Waals surface area contributed by atoms with Crippen molar-refractivity contribution < 1.29 is 14.5 Å². The number of carbonyl (C=O) groups is 2. The molecular formula is C27H38N6O4S. The number of benzene rings is 1. The van der Waals surface area contributed by atoms with Crippen LogP contribution < -0.4 is 5.32 Å². The van der Waals surface area contributed by atoms with Gasteiger partial charge in [0.15, 0.2) is 0 Å². The van der Waals surface area contributed by atoms with Gasteiger partial charge in [-0.1, -0.05) is 70.2 Å². The highest BCUT2D eigenvalue weighted by Crippen LogP contribution is 2.31. The Morgan fingerprint density at radius 1 is 1.11 bits per heavy atom. The number of nitro benzene ring substituents is 1. The van der Waals surface area contributed by atoms with Crippen molar-refractivity contribution in [2.75, 3.05) is 5.75 Å². The highest BCUT2D eigenvalue weighted by molar-refractivity contribution is 7.99. The molecule has 0 unspecified atom stereocenters. The fourth-order valence-electron chi connectivity index (χ4n) is 5.62. The summed E-state index contributed by atoms with van der Waals surface area (Å²) in [6, 6.07) is 5.85. The van der Waals surface area contributed by atoms with Crippen LogP contribution in [0.1, 0.15) is 100 Å². The molecule has 0 saturated heterocycles. The summed E-state index contributed by atoms with van der Waals surface area (Å²) in [5, 5.41) is 21.7. The molecule has 2 fully saturated rings. The zero-order valence-corrected chi connectivity index (χ0v) is 23.0. The number of thioether (sulfide) groups is 1. The minimum absolute atomic E-state index is 0.0156. The van der Waals surface area contributed by atoms with Gasteiger partial charge < -0.3 is 10.2 Å². The summed E-state index contributed by atoms with van der Waals surface area (Å²) in [6.07, 6.45) is 11.7. The predicted octanol–water partition coefficient (Wildman–Crippen LogP) is 5.43. The lowest BCUT2D eigenvalue weighted by atomic mass is 9.88. The Labute approximate surface area is 227 Å². The third-order valence-corrected chi connectivity index (χ3v) is 8.43. The average molecular weight is 543 g/mol. The van der Waals surface area contributed by atoms with Gasteiger partial charge >= 0.3 is 0 Å². The first-order valence-electron chi connectivity index (χ1n) is 13.7. The largest absolute Gasteiger partial charge is 0.342 e. The normalized spacial score (nSPS) is 17.8. The van der Waals surface area contributed by atoms with Crippen LogP contribution in [0.15, 0.2) is 29.4 Å². The first-order valence-corrected chi connectivity index (χ1v) is 14.7. The lowest BCUT2D eigenvalue weighted by molar-refractivity contribution is -0.384. The van der Waals surface area contributed by atoms with E-state index in [2.05, 4.69) is 25.4 Å². The number of H-pyrrole nitrogens is 1. The van der Waals surface area contributed by atoms with Crippen molar-refractivity contribution in [1.82, 2.24) is 25.4 Å². The molecular weight excluding hydrogens is 504 g/mol. The Hall–Kier alpha value is -2.95. The predicted molar refractivity (Wildman–Crippen MR) is 146 cm³/mol. The molecule has 206 valence electrons. The van der Waals surface area contributed by atoms with Crippen LogP contribution in [0.4, 0.5) is 5.69 Å². The topological polar surface area (TPSA) is 134 Å². The van der Waals surface area contributed by atoms with Crippen molar-refractivity contribution in [3.63, 3.8) is 0 Å². The Balaban J connectivity index is 1.40. The van der Waals surface area contributed by atoms with Crippen LogP contribution in [-0.2, 0) is 4.79 Å². The summed E-state index contributed by atoms with van der Waals surface area (Å²) in [7, 11) is 0. The molecule has 1 heterocycles. The van der Waals surface area contributed by atoms with E-state index < -0.39 is 16.9 Å². The van der Waals surface area contributed by atoms with Gasteiger partial charge in [0.1, 0.15) is 5.82 Å². The lowest BCUT2D eigenvalue weighted by Crippen LogP contribution is -2.49. The lowest BCUT2D eigenvalue weighted by Gasteiger charge is -2.41. The van der Waals surface area contributed by atoms with Crippen LogP contribution in [0.25, 0.3) is 0 Å². The SMILES string of the molecule is CC(C)[C@H](NC(=O)c1cccc([N+](=O)[O-])c1)c1nc(SCC(=O)N(C2CCCCC2)C2CCCCC2)n[nH]1. The molecule has 2 aromatic rings. The summed E-state index contributed by atoms with van der Waals surface area (Å²) >= 11 is 1.32. The maximum Gasteiger partial charge on any atom is 0.270 e. The van der Waals surface area contributed by atoms with E-state index in [1.165, 1.54) is 74.6 Å². The van der Waals surface area contributed by atoms with Gasteiger partial charge in [-0.3, -0.25) is 24.8 Å². The average Bonchev–Trinajstić information content (AvgIpc) is 3.40. The number of rotatable bonds is 10. The fraction of sp³-hybridized carbons (Fsp3) is 0.630. The second kappa shape index (κ2) is 13.2. The monoisotopic (exact) mass is 542 g/mol. The number of carbonyl (C=O) groups excluding carboxylic acids is 2. The third-order valence-electron chi connectivity index (χ3n) is 7.60. The van der Waals surface area contributed by atoms with Crippen LogP contribution in [0.3, 0.4) is 0 Å². The van der Waals surface area contributed by atoms with Gasteiger partial charge in [0.2, 0.25) is 11.1 Å². The highest BCUT2D eigenvalue weighted by Gasteiger charge is 2.32. The Morgan fingerprint density at radius 2 is 1.74 bits per heavy atom. The highest BCUT2D eigenvalue weighted by atomic mass is 32.2. The van der Waals surface area contributed by atoms with E-state index in [9.17, 15) is 19.7 Å². The summed E-state index contributed by atoms with van der Waals surface area (Å²) in [5.74, 6) is 0.503. The number of non-ortho nitro benzene ring substituents is 1. The van der Waals surface area contributed by atoms with Gasteiger partial charge in [-0.2, -0.15) is 0 Å². The molecule has 2 aliphatic carbocycles. The Morgan fingerprint density at radius 3 is 2.32 bits per heavy atom. The van der Waals surface area contributed by atoms with Gasteiger partial charge in [0.25, 0.3) is 11.6 Å². The van der Waals surface area contributed by atoms with Gasteiger partial charge in [0, 0.05) is 29.8 Å². The molecule has 2 amide bonds. The number of nitrogens with one attached hydrogen (secondary N) is 2. The molecule has 10 nitrogen and oxygen atoms in total. The summed E-state index contributed by atoms with van der Waals surface area (Å²) in [4.78, 5) is 43.7. The number of nitrogens with zero attached hydrogens (tertiary/aromatic N) is 4. The van der Waals surface area contributed by atoms with Crippen molar-refractivity contribution in [2.24, 2.45) is 5.92 Å². The maximum absolute atomic E-state index is 13.5. The van der Waals surface area contributed by atoms with Crippen molar-refractivity contribution in [3.8, 4) is 0 Å². The molecule has 4 rings (SSSR count). The summed E-state index contributed by atoms with van der Waals surface area (Å²) < 4.78 is 0. The zero-order valence-electron chi connectivity index (χ0n) is 22.2.